The third-order valence-corrected chi connectivity index (χ3v) is 5.22. The Balaban J connectivity index is 1.42. The van der Waals surface area contributed by atoms with Crippen molar-refractivity contribution in [3.63, 3.8) is 0 Å². The summed E-state index contributed by atoms with van der Waals surface area (Å²) in [5, 5.41) is 0. The van der Waals surface area contributed by atoms with Crippen molar-refractivity contribution in [3.8, 4) is 0 Å². The lowest BCUT2D eigenvalue weighted by atomic mass is 10.2. The Morgan fingerprint density at radius 2 is 1.84 bits per heavy atom. The van der Waals surface area contributed by atoms with Crippen molar-refractivity contribution in [2.75, 3.05) is 26.2 Å². The van der Waals surface area contributed by atoms with Crippen LogP contribution in [0.3, 0.4) is 0 Å². The lowest BCUT2D eigenvalue weighted by Gasteiger charge is -2.34. The van der Waals surface area contributed by atoms with Gasteiger partial charge in [-0.05, 0) is 21.5 Å². The second-order valence-electron chi connectivity index (χ2n) is 6.44. The van der Waals surface area contributed by atoms with Crippen LogP contribution in [0.4, 0.5) is 0 Å². The number of carbonyl (C=O) groups is 1. The van der Waals surface area contributed by atoms with E-state index in [9.17, 15) is 4.79 Å². The van der Waals surface area contributed by atoms with Gasteiger partial charge in [0.2, 0.25) is 0 Å². The highest BCUT2D eigenvalue weighted by Gasteiger charge is 2.25. The quantitative estimate of drug-likeness (QED) is 0.674. The first-order valence-corrected chi connectivity index (χ1v) is 9.21. The number of nitrogens with zero attached hydrogens (tertiary/aromatic N) is 3. The molecule has 25 heavy (non-hydrogen) atoms. The molecule has 5 nitrogen and oxygen atoms in total. The van der Waals surface area contributed by atoms with Crippen molar-refractivity contribution in [2.24, 2.45) is 7.05 Å². The molecule has 0 atom stereocenters. The summed E-state index contributed by atoms with van der Waals surface area (Å²) < 4.78 is 8.15. The second kappa shape index (κ2) is 6.69. The fraction of sp³-hybridized carbons (Fsp3) is 0.316. The number of hydrogen-bond donors (Lipinski definition) is 0. The molecule has 4 rings (SSSR count). The van der Waals surface area contributed by atoms with E-state index in [4.69, 9.17) is 4.42 Å². The molecule has 1 saturated heterocycles. The smallest absolute Gasteiger partial charge is 0.270 e. The van der Waals surface area contributed by atoms with Crippen LogP contribution in [0.2, 0.25) is 0 Å². The van der Waals surface area contributed by atoms with Crippen LogP contribution in [0.5, 0.6) is 0 Å². The fourth-order valence-electron chi connectivity index (χ4n) is 3.40. The Morgan fingerprint density at radius 3 is 2.52 bits per heavy atom. The number of fused-ring (bicyclic) bond motifs is 1. The number of rotatable bonds is 3. The SMILES string of the molecule is Cn1c(C(=O)N2CCN(Cc3ccccc3)CC2)cc2oc(Br)cc21. The van der Waals surface area contributed by atoms with Crippen LogP contribution in [0, 0.1) is 0 Å². The molecule has 1 aliphatic rings. The van der Waals surface area contributed by atoms with Crippen LogP contribution in [-0.4, -0.2) is 46.5 Å². The highest BCUT2D eigenvalue weighted by atomic mass is 79.9. The zero-order chi connectivity index (χ0) is 17.4. The second-order valence-corrected chi connectivity index (χ2v) is 7.22. The molecule has 0 bridgehead atoms. The first-order chi connectivity index (χ1) is 12.1. The van der Waals surface area contributed by atoms with Gasteiger partial charge in [-0.1, -0.05) is 30.3 Å². The van der Waals surface area contributed by atoms with Crippen molar-refractivity contribution < 1.29 is 9.21 Å². The number of carbonyl (C=O) groups excluding carboxylic acids is 1. The van der Waals surface area contributed by atoms with Gasteiger partial charge in [0.1, 0.15) is 5.69 Å². The van der Waals surface area contributed by atoms with Gasteiger partial charge in [-0.25, -0.2) is 0 Å². The Kier molecular flexibility index (Phi) is 4.39. The van der Waals surface area contributed by atoms with Gasteiger partial charge < -0.3 is 13.9 Å². The molecule has 0 unspecified atom stereocenters. The van der Waals surface area contributed by atoms with Gasteiger partial charge in [0, 0.05) is 51.9 Å². The zero-order valence-electron chi connectivity index (χ0n) is 14.1. The molecule has 1 amide bonds. The van der Waals surface area contributed by atoms with E-state index in [1.807, 2.05) is 34.7 Å². The molecule has 1 aromatic carbocycles. The summed E-state index contributed by atoms with van der Waals surface area (Å²) >= 11 is 3.33. The summed E-state index contributed by atoms with van der Waals surface area (Å²) in [7, 11) is 1.91. The molecule has 3 heterocycles. The van der Waals surface area contributed by atoms with Crippen molar-refractivity contribution in [1.82, 2.24) is 14.4 Å². The molecule has 2 aromatic heterocycles. The van der Waals surface area contributed by atoms with E-state index in [0.717, 1.165) is 43.8 Å². The van der Waals surface area contributed by atoms with Crippen molar-refractivity contribution in [3.05, 3.63) is 58.4 Å². The van der Waals surface area contributed by atoms with Gasteiger partial charge in [0.15, 0.2) is 10.3 Å². The lowest BCUT2D eigenvalue weighted by molar-refractivity contribution is 0.0619. The minimum Gasteiger partial charge on any atom is -0.448 e. The Bertz CT molecular complexity index is 892. The number of benzene rings is 1. The number of aromatic nitrogens is 1. The molecule has 1 fully saturated rings. The highest BCUT2D eigenvalue weighted by Crippen LogP contribution is 2.27. The molecule has 0 aliphatic carbocycles. The summed E-state index contributed by atoms with van der Waals surface area (Å²) in [5.41, 5.74) is 3.66. The molecule has 0 saturated carbocycles. The Labute approximate surface area is 154 Å². The summed E-state index contributed by atoms with van der Waals surface area (Å²) in [5.74, 6) is 0.0735. The first kappa shape index (κ1) is 16.4. The van der Waals surface area contributed by atoms with E-state index < -0.39 is 0 Å². The molecular formula is C19H20BrN3O2. The molecule has 0 radical (unpaired) electrons. The van der Waals surface area contributed by atoms with Crippen LogP contribution >= 0.6 is 15.9 Å². The average Bonchev–Trinajstić information content (AvgIpc) is 3.13. The van der Waals surface area contributed by atoms with E-state index in [1.165, 1.54) is 5.56 Å². The Hall–Kier alpha value is -2.05. The molecule has 0 N–H and O–H groups in total. The van der Waals surface area contributed by atoms with Crippen LogP contribution in [0.25, 0.3) is 11.1 Å². The minimum atomic E-state index is 0.0735. The average molecular weight is 402 g/mol. The third-order valence-electron chi connectivity index (χ3n) is 4.83. The minimum absolute atomic E-state index is 0.0735. The fourth-order valence-corrected chi connectivity index (χ4v) is 3.79. The number of furan rings is 1. The summed E-state index contributed by atoms with van der Waals surface area (Å²) in [6.45, 7) is 4.23. The van der Waals surface area contributed by atoms with Gasteiger partial charge in [-0.15, -0.1) is 0 Å². The maximum atomic E-state index is 12.9. The lowest BCUT2D eigenvalue weighted by Crippen LogP contribution is -2.48. The summed E-state index contributed by atoms with van der Waals surface area (Å²) in [6.07, 6.45) is 0. The van der Waals surface area contributed by atoms with Gasteiger partial charge in [0.05, 0.1) is 5.52 Å². The number of piperazine rings is 1. The zero-order valence-corrected chi connectivity index (χ0v) is 15.7. The van der Waals surface area contributed by atoms with E-state index in [0.29, 0.717) is 10.4 Å². The van der Waals surface area contributed by atoms with Crippen LogP contribution in [0.1, 0.15) is 16.1 Å². The maximum Gasteiger partial charge on any atom is 0.270 e. The molecule has 6 heteroatoms. The number of aryl methyl sites for hydroxylation is 1. The summed E-state index contributed by atoms with van der Waals surface area (Å²) in [4.78, 5) is 17.2. The Morgan fingerprint density at radius 1 is 1.12 bits per heavy atom. The van der Waals surface area contributed by atoms with E-state index in [1.54, 1.807) is 0 Å². The summed E-state index contributed by atoms with van der Waals surface area (Å²) in [6, 6.07) is 14.2. The van der Waals surface area contributed by atoms with Gasteiger partial charge in [-0.2, -0.15) is 0 Å². The van der Waals surface area contributed by atoms with E-state index in [2.05, 4.69) is 45.1 Å². The molecule has 3 aromatic rings. The highest BCUT2D eigenvalue weighted by molar-refractivity contribution is 9.10. The molecular weight excluding hydrogens is 382 g/mol. The predicted octanol–water partition coefficient (Wildman–Crippen LogP) is 3.49. The molecule has 0 spiro atoms. The topological polar surface area (TPSA) is 41.6 Å². The van der Waals surface area contributed by atoms with Crippen molar-refractivity contribution in [1.29, 1.82) is 0 Å². The van der Waals surface area contributed by atoms with Crippen LogP contribution in [-0.2, 0) is 13.6 Å². The maximum absolute atomic E-state index is 12.9. The van der Waals surface area contributed by atoms with E-state index >= 15 is 0 Å². The number of hydrogen-bond acceptors (Lipinski definition) is 3. The normalized spacial score (nSPS) is 15.8. The van der Waals surface area contributed by atoms with Gasteiger partial charge in [-0.3, -0.25) is 9.69 Å². The third kappa shape index (κ3) is 3.24. The molecule has 1 aliphatic heterocycles. The van der Waals surface area contributed by atoms with Gasteiger partial charge >= 0.3 is 0 Å². The van der Waals surface area contributed by atoms with Gasteiger partial charge in [0.25, 0.3) is 5.91 Å². The van der Waals surface area contributed by atoms with E-state index in [-0.39, 0.29) is 5.91 Å². The van der Waals surface area contributed by atoms with Crippen LogP contribution < -0.4 is 0 Å². The predicted molar refractivity (Wildman–Crippen MR) is 101 cm³/mol. The first-order valence-electron chi connectivity index (χ1n) is 8.42. The van der Waals surface area contributed by atoms with Crippen LogP contribution in [0.15, 0.2) is 51.6 Å². The number of halogens is 1. The monoisotopic (exact) mass is 401 g/mol. The number of amides is 1. The molecule has 130 valence electrons. The van der Waals surface area contributed by atoms with Crippen molar-refractivity contribution >= 4 is 32.9 Å². The standard InChI is InChI=1S/C19H20BrN3O2/c1-21-15-12-18(20)25-17(15)11-16(21)19(24)23-9-7-22(8-10-23)13-14-5-3-2-4-6-14/h2-6,11-12H,7-10,13H2,1H3. The van der Waals surface area contributed by atoms with Crippen molar-refractivity contribution in [2.45, 2.75) is 6.54 Å². The largest absolute Gasteiger partial charge is 0.448 e.